The molecule has 6 heteroatoms. The van der Waals surface area contributed by atoms with E-state index in [0.29, 0.717) is 37.8 Å². The number of piperazine rings is 1. The molecule has 1 aliphatic carbocycles. The number of carbonyl (C=O) groups excluding carboxylic acids is 2. The van der Waals surface area contributed by atoms with Crippen LogP contribution in [0.1, 0.15) is 35.8 Å². The number of nitrogens with zero attached hydrogens (tertiary/aromatic N) is 3. The fourth-order valence-electron chi connectivity index (χ4n) is 3.75. The molecular weight excluding hydrogens is 364 g/mol. The second-order valence-corrected chi connectivity index (χ2v) is 7.98. The molecule has 2 aromatic rings. The molecule has 2 fully saturated rings. The first kappa shape index (κ1) is 19.6. The topological polar surface area (TPSA) is 65.5 Å². The van der Waals surface area contributed by atoms with Gasteiger partial charge in [-0.15, -0.1) is 0 Å². The first-order valence-electron chi connectivity index (χ1n) is 10.4. The van der Waals surface area contributed by atoms with E-state index in [1.54, 1.807) is 0 Å². The van der Waals surface area contributed by atoms with Gasteiger partial charge in [0, 0.05) is 37.8 Å². The zero-order chi connectivity index (χ0) is 20.4. The molecule has 0 radical (unpaired) electrons. The number of pyridine rings is 1. The minimum atomic E-state index is -0.151. The van der Waals surface area contributed by atoms with Crippen molar-refractivity contribution in [2.75, 3.05) is 26.2 Å². The van der Waals surface area contributed by atoms with Crippen molar-refractivity contribution in [2.24, 2.45) is 0 Å². The van der Waals surface area contributed by atoms with Crippen LogP contribution in [0, 0.1) is 6.92 Å². The summed E-state index contributed by atoms with van der Waals surface area (Å²) in [6.45, 7) is 6.50. The lowest BCUT2D eigenvalue weighted by Gasteiger charge is -2.37. The fourth-order valence-corrected chi connectivity index (χ4v) is 3.75. The summed E-state index contributed by atoms with van der Waals surface area (Å²) in [6.07, 6.45) is 2.19. The highest BCUT2D eigenvalue weighted by Gasteiger charge is 2.31. The van der Waals surface area contributed by atoms with E-state index in [0.717, 1.165) is 29.8 Å². The third kappa shape index (κ3) is 4.48. The van der Waals surface area contributed by atoms with E-state index in [1.807, 2.05) is 61.2 Å². The van der Waals surface area contributed by atoms with E-state index < -0.39 is 0 Å². The molecule has 152 valence electrons. The number of aryl methyl sites for hydroxylation is 1. The average molecular weight is 393 g/mol. The summed E-state index contributed by atoms with van der Waals surface area (Å²) in [7, 11) is 0. The summed E-state index contributed by atoms with van der Waals surface area (Å²) in [5.74, 6) is 0.119. The summed E-state index contributed by atoms with van der Waals surface area (Å²) in [4.78, 5) is 34.0. The lowest BCUT2D eigenvalue weighted by Crippen LogP contribution is -2.55. The Morgan fingerprint density at radius 1 is 1.03 bits per heavy atom. The highest BCUT2D eigenvalue weighted by atomic mass is 16.2. The molecule has 1 N–H and O–H groups in total. The molecule has 29 heavy (non-hydrogen) atoms. The van der Waals surface area contributed by atoms with E-state index in [4.69, 9.17) is 0 Å². The summed E-state index contributed by atoms with van der Waals surface area (Å²) in [6, 6.07) is 14.0. The quantitative estimate of drug-likeness (QED) is 0.849. The Kier molecular flexibility index (Phi) is 5.62. The van der Waals surface area contributed by atoms with Gasteiger partial charge in [-0.05, 0) is 38.8 Å². The van der Waals surface area contributed by atoms with Gasteiger partial charge in [-0.25, -0.2) is 0 Å². The van der Waals surface area contributed by atoms with E-state index in [9.17, 15) is 9.59 Å². The largest absolute Gasteiger partial charge is 0.352 e. The molecule has 2 aliphatic rings. The van der Waals surface area contributed by atoms with Crippen molar-refractivity contribution in [2.45, 2.75) is 38.8 Å². The smallest absolute Gasteiger partial charge is 0.255 e. The van der Waals surface area contributed by atoms with Crippen LogP contribution < -0.4 is 5.32 Å². The fraction of sp³-hybridized carbons (Fsp3) is 0.435. The van der Waals surface area contributed by atoms with E-state index >= 15 is 0 Å². The van der Waals surface area contributed by atoms with Crippen LogP contribution in [0.3, 0.4) is 0 Å². The number of nitrogens with one attached hydrogen (secondary N) is 1. The molecule has 1 aliphatic heterocycles. The summed E-state index contributed by atoms with van der Waals surface area (Å²) in [5, 5.41) is 3.07. The predicted octanol–water partition coefficient (Wildman–Crippen LogP) is 2.48. The van der Waals surface area contributed by atoms with Crippen molar-refractivity contribution in [3.8, 4) is 11.3 Å². The van der Waals surface area contributed by atoms with Crippen LogP contribution in [0.4, 0.5) is 0 Å². The van der Waals surface area contributed by atoms with Crippen LogP contribution in [0.5, 0.6) is 0 Å². The Morgan fingerprint density at radius 2 is 1.72 bits per heavy atom. The number of aromatic nitrogens is 1. The molecule has 1 saturated carbocycles. The zero-order valence-corrected chi connectivity index (χ0v) is 17.1. The lowest BCUT2D eigenvalue weighted by molar-refractivity contribution is -0.126. The maximum absolute atomic E-state index is 13.0. The SMILES string of the molecule is Cc1nc(-c2ccccc2)ccc1C(=O)N1CCN(C(C)C(=O)NC2CC2)CC1. The lowest BCUT2D eigenvalue weighted by atomic mass is 10.1. The number of rotatable bonds is 5. The second-order valence-electron chi connectivity index (χ2n) is 7.98. The second kappa shape index (κ2) is 8.33. The van der Waals surface area contributed by atoms with Crippen molar-refractivity contribution in [1.29, 1.82) is 0 Å². The third-order valence-electron chi connectivity index (χ3n) is 5.84. The number of benzene rings is 1. The summed E-state index contributed by atoms with van der Waals surface area (Å²) < 4.78 is 0. The van der Waals surface area contributed by atoms with Crippen LogP contribution in [0.25, 0.3) is 11.3 Å². The molecule has 1 saturated heterocycles. The van der Waals surface area contributed by atoms with E-state index in [1.165, 1.54) is 0 Å². The van der Waals surface area contributed by atoms with Gasteiger partial charge in [-0.3, -0.25) is 19.5 Å². The first-order valence-corrected chi connectivity index (χ1v) is 10.4. The zero-order valence-electron chi connectivity index (χ0n) is 17.1. The minimum Gasteiger partial charge on any atom is -0.352 e. The van der Waals surface area contributed by atoms with Crippen molar-refractivity contribution in [3.05, 3.63) is 53.7 Å². The molecule has 4 rings (SSSR count). The van der Waals surface area contributed by atoms with Crippen LogP contribution in [0.15, 0.2) is 42.5 Å². The van der Waals surface area contributed by atoms with Crippen molar-refractivity contribution in [3.63, 3.8) is 0 Å². The van der Waals surface area contributed by atoms with Gasteiger partial charge in [0.2, 0.25) is 5.91 Å². The number of hydrogen-bond acceptors (Lipinski definition) is 4. The molecule has 2 heterocycles. The van der Waals surface area contributed by atoms with Crippen LogP contribution in [-0.2, 0) is 4.79 Å². The Labute approximate surface area is 171 Å². The summed E-state index contributed by atoms with van der Waals surface area (Å²) in [5.41, 5.74) is 3.32. The molecule has 0 spiro atoms. The molecule has 1 unspecified atom stereocenters. The number of amides is 2. The molecule has 0 bridgehead atoms. The molecule has 2 amide bonds. The summed E-state index contributed by atoms with van der Waals surface area (Å²) >= 11 is 0. The number of carbonyl (C=O) groups is 2. The van der Waals surface area contributed by atoms with Crippen molar-refractivity contribution < 1.29 is 9.59 Å². The molecule has 1 aromatic heterocycles. The normalized spacial score (nSPS) is 18.3. The molecule has 1 aromatic carbocycles. The van der Waals surface area contributed by atoms with Gasteiger partial charge in [0.25, 0.3) is 5.91 Å². The van der Waals surface area contributed by atoms with Gasteiger partial charge in [-0.1, -0.05) is 30.3 Å². The number of hydrogen-bond donors (Lipinski definition) is 1. The molecule has 6 nitrogen and oxygen atoms in total. The molecule has 1 atom stereocenters. The predicted molar refractivity (Wildman–Crippen MR) is 113 cm³/mol. The van der Waals surface area contributed by atoms with Gasteiger partial charge in [0.1, 0.15) is 0 Å². The Hall–Kier alpha value is -2.73. The standard InChI is InChI=1S/C23H28N4O2/c1-16-20(10-11-21(24-16)18-6-4-3-5-7-18)23(29)27-14-12-26(13-15-27)17(2)22(28)25-19-8-9-19/h3-7,10-11,17,19H,8-9,12-15H2,1-2H3,(H,25,28). The monoisotopic (exact) mass is 392 g/mol. The van der Waals surface area contributed by atoms with Gasteiger partial charge in [-0.2, -0.15) is 0 Å². The maximum Gasteiger partial charge on any atom is 0.255 e. The Bertz CT molecular complexity index is 887. The molecular formula is C23H28N4O2. The average Bonchev–Trinajstić information content (AvgIpc) is 3.57. The first-order chi connectivity index (χ1) is 14.0. The van der Waals surface area contributed by atoms with Gasteiger partial charge in [0.15, 0.2) is 0 Å². The minimum absolute atomic E-state index is 0.0179. The van der Waals surface area contributed by atoms with Crippen molar-refractivity contribution in [1.82, 2.24) is 20.1 Å². The van der Waals surface area contributed by atoms with Crippen LogP contribution in [-0.4, -0.2) is 64.9 Å². The van der Waals surface area contributed by atoms with E-state index in [2.05, 4.69) is 15.2 Å². The highest BCUT2D eigenvalue weighted by molar-refractivity contribution is 5.95. The van der Waals surface area contributed by atoms with E-state index in [-0.39, 0.29) is 17.9 Å². The Balaban J connectivity index is 1.37. The Morgan fingerprint density at radius 3 is 2.34 bits per heavy atom. The van der Waals surface area contributed by atoms with Crippen LogP contribution in [0.2, 0.25) is 0 Å². The van der Waals surface area contributed by atoms with Crippen molar-refractivity contribution >= 4 is 11.8 Å². The van der Waals surface area contributed by atoms with Gasteiger partial charge < -0.3 is 10.2 Å². The maximum atomic E-state index is 13.0. The van der Waals surface area contributed by atoms with Gasteiger partial charge >= 0.3 is 0 Å². The van der Waals surface area contributed by atoms with Gasteiger partial charge in [0.05, 0.1) is 23.0 Å². The van der Waals surface area contributed by atoms with Crippen LogP contribution >= 0.6 is 0 Å². The third-order valence-corrected chi connectivity index (χ3v) is 5.84. The highest BCUT2D eigenvalue weighted by Crippen LogP contribution is 2.21.